The van der Waals surface area contributed by atoms with E-state index in [4.69, 9.17) is 15.3 Å². The molecule has 0 aliphatic carbocycles. The van der Waals surface area contributed by atoms with Gasteiger partial charge in [-0.15, -0.1) is 0 Å². The molecule has 0 fully saturated rings. The third-order valence-electron chi connectivity index (χ3n) is 3.33. The third kappa shape index (κ3) is 3.11. The van der Waals surface area contributed by atoms with Crippen molar-refractivity contribution in [3.8, 4) is 0 Å². The molecular weight excluding hydrogens is 240 g/mol. The molecule has 102 valence electrons. The van der Waals surface area contributed by atoms with Crippen molar-refractivity contribution in [2.24, 2.45) is 5.84 Å². The van der Waals surface area contributed by atoms with Crippen molar-refractivity contribution < 1.29 is 9.47 Å². The Morgan fingerprint density at radius 3 is 2.42 bits per heavy atom. The Morgan fingerprint density at radius 1 is 1.05 bits per heavy atom. The molecule has 0 saturated heterocycles. The number of hydrogen-bond acceptors (Lipinski definition) is 4. The number of hydrazine groups is 1. The summed E-state index contributed by atoms with van der Waals surface area (Å²) in [7, 11) is 3.23. The number of ether oxygens (including phenoxy) is 2. The molecule has 4 nitrogen and oxygen atoms in total. The predicted octanol–water partition coefficient (Wildman–Crippen LogP) is 1.83. The van der Waals surface area contributed by atoms with Crippen LogP contribution >= 0.6 is 0 Å². The van der Waals surface area contributed by atoms with Crippen LogP contribution in [0, 0.1) is 0 Å². The van der Waals surface area contributed by atoms with Crippen LogP contribution in [-0.2, 0) is 15.9 Å². The van der Waals surface area contributed by atoms with Crippen LogP contribution in [0.3, 0.4) is 0 Å². The van der Waals surface area contributed by atoms with Crippen LogP contribution in [0.15, 0.2) is 42.5 Å². The van der Waals surface area contributed by atoms with E-state index < -0.39 is 0 Å². The van der Waals surface area contributed by atoms with E-state index in [2.05, 4.69) is 35.8 Å². The van der Waals surface area contributed by atoms with Gasteiger partial charge in [0.1, 0.15) is 0 Å². The van der Waals surface area contributed by atoms with Gasteiger partial charge in [0.05, 0.1) is 6.04 Å². The van der Waals surface area contributed by atoms with E-state index in [1.807, 2.05) is 12.1 Å². The second-order valence-electron chi connectivity index (χ2n) is 4.46. The summed E-state index contributed by atoms with van der Waals surface area (Å²) in [5.41, 5.74) is 3.99. The van der Waals surface area contributed by atoms with Crippen LogP contribution in [0.2, 0.25) is 0 Å². The largest absolute Gasteiger partial charge is 0.354 e. The van der Waals surface area contributed by atoms with Gasteiger partial charge in [0.25, 0.3) is 0 Å². The molecule has 2 rings (SSSR count). The molecule has 0 aliphatic heterocycles. The van der Waals surface area contributed by atoms with Crippen molar-refractivity contribution >= 4 is 10.8 Å². The first kappa shape index (κ1) is 14.0. The monoisotopic (exact) mass is 260 g/mol. The van der Waals surface area contributed by atoms with Crippen LogP contribution in [-0.4, -0.2) is 26.6 Å². The van der Waals surface area contributed by atoms with E-state index >= 15 is 0 Å². The summed E-state index contributed by atoms with van der Waals surface area (Å²) in [5.74, 6) is 5.61. The lowest BCUT2D eigenvalue weighted by Crippen LogP contribution is -2.47. The third-order valence-corrected chi connectivity index (χ3v) is 3.33. The number of rotatable bonds is 6. The molecule has 1 atom stereocenters. The second kappa shape index (κ2) is 6.63. The molecular formula is C15H20N2O2. The molecule has 3 N–H and O–H groups in total. The lowest BCUT2D eigenvalue weighted by atomic mass is 9.99. The maximum atomic E-state index is 5.61. The first-order valence-electron chi connectivity index (χ1n) is 6.28. The van der Waals surface area contributed by atoms with Crippen molar-refractivity contribution in [1.82, 2.24) is 5.43 Å². The van der Waals surface area contributed by atoms with Gasteiger partial charge in [-0.05, 0) is 22.8 Å². The molecule has 0 saturated carbocycles. The van der Waals surface area contributed by atoms with Gasteiger partial charge in [-0.1, -0.05) is 42.5 Å². The zero-order valence-electron chi connectivity index (χ0n) is 11.3. The highest BCUT2D eigenvalue weighted by atomic mass is 16.7. The van der Waals surface area contributed by atoms with E-state index in [0.29, 0.717) is 0 Å². The van der Waals surface area contributed by atoms with Gasteiger partial charge in [-0.25, -0.2) is 0 Å². The van der Waals surface area contributed by atoms with Gasteiger partial charge in [0.2, 0.25) is 0 Å². The van der Waals surface area contributed by atoms with Gasteiger partial charge in [-0.3, -0.25) is 11.3 Å². The Bertz CT molecular complexity index is 521. The predicted molar refractivity (Wildman–Crippen MR) is 76.6 cm³/mol. The van der Waals surface area contributed by atoms with E-state index in [0.717, 1.165) is 6.42 Å². The van der Waals surface area contributed by atoms with Gasteiger partial charge >= 0.3 is 0 Å². The summed E-state index contributed by atoms with van der Waals surface area (Å²) in [4.78, 5) is 0. The van der Waals surface area contributed by atoms with Gasteiger partial charge < -0.3 is 9.47 Å². The average molecular weight is 260 g/mol. The minimum Gasteiger partial charge on any atom is -0.354 e. The number of hydrogen-bond donors (Lipinski definition) is 2. The Balaban J connectivity index is 2.29. The molecule has 0 bridgehead atoms. The van der Waals surface area contributed by atoms with Crippen LogP contribution < -0.4 is 11.3 Å². The molecule has 4 heteroatoms. The van der Waals surface area contributed by atoms with Gasteiger partial charge in [-0.2, -0.15) is 0 Å². The zero-order valence-corrected chi connectivity index (χ0v) is 11.3. The Morgan fingerprint density at radius 2 is 1.74 bits per heavy atom. The summed E-state index contributed by atoms with van der Waals surface area (Å²) in [5, 5.41) is 2.46. The maximum Gasteiger partial charge on any atom is 0.173 e. The molecule has 0 aliphatic rings. The smallest absolute Gasteiger partial charge is 0.173 e. The first-order valence-corrected chi connectivity index (χ1v) is 6.28. The standard InChI is InChI=1S/C15H20N2O2/c1-18-15(19-2)14(17-16)10-12-8-5-7-11-6-3-4-9-13(11)12/h3-9,14-15,17H,10,16H2,1-2H3. The number of benzene rings is 2. The molecule has 0 heterocycles. The summed E-state index contributed by atoms with van der Waals surface area (Å²) in [6, 6.07) is 14.5. The highest BCUT2D eigenvalue weighted by molar-refractivity contribution is 5.85. The second-order valence-corrected chi connectivity index (χ2v) is 4.46. The maximum absolute atomic E-state index is 5.61. The fraction of sp³-hybridized carbons (Fsp3) is 0.333. The molecule has 1 unspecified atom stereocenters. The molecule has 2 aromatic rings. The number of methoxy groups -OCH3 is 2. The normalized spacial score (nSPS) is 13.1. The van der Waals surface area contributed by atoms with Crippen LogP contribution in [0.1, 0.15) is 5.56 Å². The molecule has 0 radical (unpaired) electrons. The summed E-state index contributed by atoms with van der Waals surface area (Å²) >= 11 is 0. The molecule has 2 aromatic carbocycles. The quantitative estimate of drug-likeness (QED) is 0.473. The minimum atomic E-state index is -0.371. The van der Waals surface area contributed by atoms with Crippen molar-refractivity contribution in [1.29, 1.82) is 0 Å². The Labute approximate surface area is 113 Å². The van der Waals surface area contributed by atoms with E-state index in [9.17, 15) is 0 Å². The van der Waals surface area contributed by atoms with E-state index in [1.54, 1.807) is 14.2 Å². The summed E-state index contributed by atoms with van der Waals surface area (Å²) in [6.45, 7) is 0. The first-order chi connectivity index (χ1) is 9.30. The van der Waals surface area contributed by atoms with Gasteiger partial charge in [0, 0.05) is 14.2 Å². The number of nitrogens with two attached hydrogens (primary N) is 1. The summed E-state index contributed by atoms with van der Waals surface area (Å²) in [6.07, 6.45) is 0.369. The topological polar surface area (TPSA) is 56.5 Å². The highest BCUT2D eigenvalue weighted by Crippen LogP contribution is 2.20. The minimum absolute atomic E-state index is 0.0965. The number of fused-ring (bicyclic) bond motifs is 1. The fourth-order valence-electron chi connectivity index (χ4n) is 2.37. The summed E-state index contributed by atoms with van der Waals surface area (Å²) < 4.78 is 10.5. The number of nitrogens with one attached hydrogen (secondary N) is 1. The fourth-order valence-corrected chi connectivity index (χ4v) is 2.37. The van der Waals surface area contributed by atoms with Crippen LogP contribution in [0.4, 0.5) is 0 Å². The van der Waals surface area contributed by atoms with E-state index in [1.165, 1.54) is 16.3 Å². The van der Waals surface area contributed by atoms with Crippen molar-refractivity contribution in [3.63, 3.8) is 0 Å². The van der Waals surface area contributed by atoms with E-state index in [-0.39, 0.29) is 12.3 Å². The lowest BCUT2D eigenvalue weighted by molar-refractivity contribution is -0.122. The molecule has 0 spiro atoms. The highest BCUT2D eigenvalue weighted by Gasteiger charge is 2.20. The van der Waals surface area contributed by atoms with Crippen molar-refractivity contribution in [2.75, 3.05) is 14.2 Å². The lowest BCUT2D eigenvalue weighted by Gasteiger charge is -2.24. The molecule has 0 aromatic heterocycles. The zero-order chi connectivity index (χ0) is 13.7. The van der Waals surface area contributed by atoms with Crippen LogP contribution in [0.5, 0.6) is 0 Å². The van der Waals surface area contributed by atoms with Gasteiger partial charge in [0.15, 0.2) is 6.29 Å². The molecule has 0 amide bonds. The van der Waals surface area contributed by atoms with Crippen molar-refractivity contribution in [2.45, 2.75) is 18.8 Å². The SMILES string of the molecule is COC(OC)C(Cc1cccc2ccccc12)NN. The molecule has 19 heavy (non-hydrogen) atoms. The average Bonchev–Trinajstić information content (AvgIpc) is 2.47. The Hall–Kier alpha value is -1.46. The Kier molecular flexibility index (Phi) is 4.87. The van der Waals surface area contributed by atoms with Crippen LogP contribution in [0.25, 0.3) is 10.8 Å². The van der Waals surface area contributed by atoms with Crippen molar-refractivity contribution in [3.05, 3.63) is 48.0 Å².